The van der Waals surface area contributed by atoms with Crippen molar-refractivity contribution in [2.45, 2.75) is 25.7 Å². The maximum absolute atomic E-state index is 12.9. The molecule has 0 unspecified atom stereocenters. The van der Waals surface area contributed by atoms with Crippen LogP contribution >= 0.6 is 0 Å². The van der Waals surface area contributed by atoms with Gasteiger partial charge in [-0.3, -0.25) is 9.59 Å². The summed E-state index contributed by atoms with van der Waals surface area (Å²) in [7, 11) is 0. The van der Waals surface area contributed by atoms with Gasteiger partial charge in [-0.2, -0.15) is 0 Å². The number of primary amides is 1. The SMILES string of the molecule is NC(=O)c1cc(C2=CCCCC2)cc2c1[nH]c1cc(C(=O)N3CCOCC3)ccc12. The van der Waals surface area contributed by atoms with Gasteiger partial charge in [0.15, 0.2) is 0 Å². The van der Waals surface area contributed by atoms with Crippen molar-refractivity contribution in [2.75, 3.05) is 26.3 Å². The van der Waals surface area contributed by atoms with Gasteiger partial charge < -0.3 is 20.4 Å². The lowest BCUT2D eigenvalue weighted by atomic mass is 9.91. The molecule has 0 saturated carbocycles. The number of allylic oxidation sites excluding steroid dienone is 2. The summed E-state index contributed by atoms with van der Waals surface area (Å²) in [5.41, 5.74) is 10.8. The molecule has 6 heteroatoms. The molecule has 2 amide bonds. The zero-order valence-corrected chi connectivity index (χ0v) is 16.9. The molecule has 3 aromatic rings. The number of nitrogens with two attached hydrogens (primary N) is 1. The Balaban J connectivity index is 1.62. The summed E-state index contributed by atoms with van der Waals surface area (Å²) in [6.45, 7) is 2.35. The lowest BCUT2D eigenvalue weighted by Gasteiger charge is -2.26. The third-order valence-corrected chi connectivity index (χ3v) is 6.18. The van der Waals surface area contributed by atoms with E-state index in [0.29, 0.717) is 37.4 Å². The van der Waals surface area contributed by atoms with Crippen LogP contribution in [-0.2, 0) is 4.74 Å². The molecule has 0 radical (unpaired) electrons. The fourth-order valence-corrected chi connectivity index (χ4v) is 4.57. The molecule has 2 heterocycles. The number of nitrogens with zero attached hydrogens (tertiary/aromatic N) is 1. The van der Waals surface area contributed by atoms with Crippen LogP contribution in [0.15, 0.2) is 36.4 Å². The predicted octanol–water partition coefficient (Wildman–Crippen LogP) is 3.85. The summed E-state index contributed by atoms with van der Waals surface area (Å²) in [6.07, 6.45) is 6.73. The van der Waals surface area contributed by atoms with Crippen molar-refractivity contribution in [3.8, 4) is 0 Å². The number of carbonyl (C=O) groups is 2. The van der Waals surface area contributed by atoms with Crippen molar-refractivity contribution in [1.29, 1.82) is 0 Å². The molecule has 2 aliphatic rings. The predicted molar refractivity (Wildman–Crippen MR) is 117 cm³/mol. The maximum Gasteiger partial charge on any atom is 0.254 e. The van der Waals surface area contributed by atoms with Crippen LogP contribution in [0.4, 0.5) is 0 Å². The Kier molecular flexibility index (Phi) is 4.79. The normalized spacial score (nSPS) is 17.3. The monoisotopic (exact) mass is 403 g/mol. The van der Waals surface area contributed by atoms with E-state index in [1.807, 2.05) is 29.2 Å². The number of aromatic nitrogens is 1. The van der Waals surface area contributed by atoms with E-state index in [0.717, 1.165) is 46.6 Å². The van der Waals surface area contributed by atoms with E-state index in [1.165, 1.54) is 12.0 Å². The van der Waals surface area contributed by atoms with E-state index in [9.17, 15) is 9.59 Å². The molecule has 3 N–H and O–H groups in total. The Morgan fingerprint density at radius 3 is 2.60 bits per heavy atom. The minimum Gasteiger partial charge on any atom is -0.378 e. The minimum absolute atomic E-state index is 0.00188. The number of rotatable bonds is 3. The quantitative estimate of drug-likeness (QED) is 0.696. The highest BCUT2D eigenvalue weighted by atomic mass is 16.5. The Labute approximate surface area is 174 Å². The Hall–Kier alpha value is -3.12. The molecule has 1 fully saturated rings. The van der Waals surface area contributed by atoms with Gasteiger partial charge in [0.2, 0.25) is 0 Å². The third kappa shape index (κ3) is 3.27. The van der Waals surface area contributed by atoms with Gasteiger partial charge in [-0.15, -0.1) is 0 Å². The summed E-state index contributed by atoms with van der Waals surface area (Å²) in [5, 5.41) is 1.96. The number of ether oxygens (including phenoxy) is 1. The topological polar surface area (TPSA) is 88.4 Å². The summed E-state index contributed by atoms with van der Waals surface area (Å²) in [5.74, 6) is -0.448. The highest BCUT2D eigenvalue weighted by Gasteiger charge is 2.21. The van der Waals surface area contributed by atoms with E-state index in [-0.39, 0.29) is 5.91 Å². The van der Waals surface area contributed by atoms with E-state index >= 15 is 0 Å². The number of morpholine rings is 1. The first kappa shape index (κ1) is 18.9. The molecule has 30 heavy (non-hydrogen) atoms. The average molecular weight is 403 g/mol. The van der Waals surface area contributed by atoms with Crippen molar-refractivity contribution in [2.24, 2.45) is 5.73 Å². The molecule has 1 aromatic heterocycles. The number of fused-ring (bicyclic) bond motifs is 3. The number of amides is 2. The molecule has 0 atom stereocenters. The van der Waals surface area contributed by atoms with Crippen molar-refractivity contribution < 1.29 is 14.3 Å². The molecule has 0 spiro atoms. The van der Waals surface area contributed by atoms with Crippen LogP contribution in [0.3, 0.4) is 0 Å². The molecule has 5 rings (SSSR count). The lowest BCUT2D eigenvalue weighted by molar-refractivity contribution is 0.0303. The molecule has 1 aliphatic carbocycles. The lowest BCUT2D eigenvalue weighted by Crippen LogP contribution is -2.40. The van der Waals surface area contributed by atoms with E-state index < -0.39 is 5.91 Å². The molecule has 0 bridgehead atoms. The average Bonchev–Trinajstić information content (AvgIpc) is 3.16. The van der Waals surface area contributed by atoms with Crippen LogP contribution in [0.25, 0.3) is 27.4 Å². The van der Waals surface area contributed by atoms with Crippen LogP contribution in [-0.4, -0.2) is 48.0 Å². The largest absolute Gasteiger partial charge is 0.378 e. The fourth-order valence-electron chi connectivity index (χ4n) is 4.57. The zero-order valence-electron chi connectivity index (χ0n) is 16.9. The highest BCUT2D eigenvalue weighted by Crippen LogP contribution is 2.34. The van der Waals surface area contributed by atoms with Gasteiger partial charge in [-0.1, -0.05) is 12.1 Å². The first-order valence-electron chi connectivity index (χ1n) is 10.6. The Bertz CT molecular complexity index is 1190. The number of nitrogens with one attached hydrogen (secondary N) is 1. The van der Waals surface area contributed by atoms with Gasteiger partial charge in [0.1, 0.15) is 0 Å². The third-order valence-electron chi connectivity index (χ3n) is 6.18. The molecule has 6 nitrogen and oxygen atoms in total. The Morgan fingerprint density at radius 1 is 1.03 bits per heavy atom. The smallest absolute Gasteiger partial charge is 0.254 e. The van der Waals surface area contributed by atoms with Gasteiger partial charge in [0.25, 0.3) is 11.8 Å². The van der Waals surface area contributed by atoms with E-state index in [1.54, 1.807) is 0 Å². The van der Waals surface area contributed by atoms with Crippen molar-refractivity contribution in [3.63, 3.8) is 0 Å². The van der Waals surface area contributed by atoms with Crippen LogP contribution in [0.1, 0.15) is 52.0 Å². The molecular formula is C24H25N3O3. The van der Waals surface area contributed by atoms with Crippen molar-refractivity contribution in [1.82, 2.24) is 9.88 Å². The summed E-state index contributed by atoms with van der Waals surface area (Å²) in [4.78, 5) is 30.2. The molecule has 154 valence electrons. The second-order valence-electron chi connectivity index (χ2n) is 8.08. The number of H-pyrrole nitrogens is 1. The van der Waals surface area contributed by atoms with Gasteiger partial charge in [0, 0.05) is 34.9 Å². The van der Waals surface area contributed by atoms with Crippen LogP contribution in [0.2, 0.25) is 0 Å². The number of benzene rings is 2. The van der Waals surface area contributed by atoms with Crippen LogP contribution < -0.4 is 5.73 Å². The summed E-state index contributed by atoms with van der Waals surface area (Å²) in [6, 6.07) is 9.74. The van der Waals surface area contributed by atoms with Crippen molar-refractivity contribution in [3.05, 3.63) is 53.1 Å². The Morgan fingerprint density at radius 2 is 1.87 bits per heavy atom. The van der Waals surface area contributed by atoms with Crippen LogP contribution in [0.5, 0.6) is 0 Å². The first-order chi connectivity index (χ1) is 14.6. The van der Waals surface area contributed by atoms with Crippen LogP contribution in [0, 0.1) is 0 Å². The zero-order chi connectivity index (χ0) is 20.7. The molecule has 1 aliphatic heterocycles. The fraction of sp³-hybridized carbons (Fsp3) is 0.333. The molecule has 1 saturated heterocycles. The second kappa shape index (κ2) is 7.61. The highest BCUT2D eigenvalue weighted by molar-refractivity contribution is 6.16. The van der Waals surface area contributed by atoms with Gasteiger partial charge in [0.05, 0.1) is 24.3 Å². The standard InChI is InChI=1S/C24H25N3O3/c25-23(28)20-13-17(15-4-2-1-3-5-15)12-19-18-7-6-16(14-21(18)26-22(19)20)24(29)27-8-10-30-11-9-27/h4,6-7,12-14,26H,1-3,5,8-11H2,(H2,25,28). The maximum atomic E-state index is 12.9. The molecular weight excluding hydrogens is 378 g/mol. The van der Waals surface area contributed by atoms with Crippen molar-refractivity contribution >= 4 is 39.2 Å². The van der Waals surface area contributed by atoms with E-state index in [4.69, 9.17) is 10.5 Å². The molecule has 2 aromatic carbocycles. The number of aromatic amines is 1. The first-order valence-corrected chi connectivity index (χ1v) is 10.6. The van der Waals surface area contributed by atoms with E-state index in [2.05, 4.69) is 17.1 Å². The number of hydrogen-bond donors (Lipinski definition) is 2. The number of hydrogen-bond acceptors (Lipinski definition) is 3. The van der Waals surface area contributed by atoms with Gasteiger partial charge >= 0.3 is 0 Å². The minimum atomic E-state index is -0.450. The second-order valence-corrected chi connectivity index (χ2v) is 8.08. The summed E-state index contributed by atoms with van der Waals surface area (Å²) < 4.78 is 5.34. The van der Waals surface area contributed by atoms with Gasteiger partial charge in [-0.25, -0.2) is 0 Å². The van der Waals surface area contributed by atoms with Gasteiger partial charge in [-0.05, 0) is 61.1 Å². The summed E-state index contributed by atoms with van der Waals surface area (Å²) >= 11 is 0. The number of carbonyl (C=O) groups excluding carboxylic acids is 2.